The minimum absolute atomic E-state index is 0.574. The summed E-state index contributed by atoms with van der Waals surface area (Å²) in [7, 11) is 0. The van der Waals surface area contributed by atoms with E-state index in [1.807, 2.05) is 0 Å². The van der Waals surface area contributed by atoms with Gasteiger partial charge in [-0.25, -0.2) is 0 Å². The first-order valence-corrected chi connectivity index (χ1v) is 4.36. The Balaban J connectivity index is 3.28. The first kappa shape index (κ1) is 8.93. The third kappa shape index (κ3) is 2.13. The highest BCUT2D eigenvalue weighted by Crippen LogP contribution is 2.22. The van der Waals surface area contributed by atoms with Crippen molar-refractivity contribution < 1.29 is 0 Å². The van der Waals surface area contributed by atoms with Crippen molar-refractivity contribution in [3.05, 3.63) is 33.8 Å². The summed E-state index contributed by atoms with van der Waals surface area (Å²) >= 11 is 14.6. The molecule has 0 saturated carbocycles. The molecule has 0 aliphatic carbocycles. The van der Waals surface area contributed by atoms with Crippen LogP contribution in [-0.2, 0) is 0 Å². The summed E-state index contributed by atoms with van der Waals surface area (Å²) in [5, 5.41) is 1.15. The van der Waals surface area contributed by atoms with E-state index in [9.17, 15) is 0 Å². The molecule has 0 aliphatic rings. The van der Waals surface area contributed by atoms with Crippen molar-refractivity contribution in [2.75, 3.05) is 0 Å². The Morgan fingerprint density at radius 1 is 1.18 bits per heavy atom. The number of halogens is 3. The molecule has 0 atom stereocenters. The minimum atomic E-state index is 0.574. The van der Waals surface area contributed by atoms with Crippen molar-refractivity contribution in [2.45, 2.75) is 0 Å². The fourth-order valence-corrected chi connectivity index (χ4v) is 1.35. The molecular formula is C8H3BrCl2. The Kier molecular flexibility index (Phi) is 3.26. The monoisotopic (exact) mass is 248 g/mol. The van der Waals surface area contributed by atoms with E-state index in [-0.39, 0.29) is 0 Å². The third-order valence-corrected chi connectivity index (χ3v) is 1.96. The van der Waals surface area contributed by atoms with Gasteiger partial charge in [0, 0.05) is 15.9 Å². The molecule has 3 heteroatoms. The van der Waals surface area contributed by atoms with Crippen molar-refractivity contribution in [3.63, 3.8) is 0 Å². The molecule has 0 unspecified atom stereocenters. The van der Waals surface area contributed by atoms with Gasteiger partial charge in [0.05, 0.1) is 15.6 Å². The molecular weight excluding hydrogens is 247 g/mol. The molecule has 0 radical (unpaired) electrons. The maximum atomic E-state index is 5.80. The highest BCUT2D eigenvalue weighted by molar-refractivity contribution is 9.12. The molecule has 0 heterocycles. The highest BCUT2D eigenvalue weighted by atomic mass is 79.9. The lowest BCUT2D eigenvalue weighted by Gasteiger charge is -1.96. The summed E-state index contributed by atoms with van der Waals surface area (Å²) in [5.74, 6) is 2.75. The van der Waals surface area contributed by atoms with Crippen LogP contribution in [0.3, 0.4) is 0 Å². The van der Waals surface area contributed by atoms with Crippen LogP contribution in [0.4, 0.5) is 0 Å². The number of rotatable bonds is 0. The maximum absolute atomic E-state index is 5.80. The second-order valence-corrected chi connectivity index (χ2v) is 3.03. The Bertz CT molecular complexity index is 302. The third-order valence-electron chi connectivity index (χ3n) is 1.14. The predicted octanol–water partition coefficient (Wildman–Crippen LogP) is 3.70. The fraction of sp³-hybridized carbons (Fsp3) is 0. The van der Waals surface area contributed by atoms with E-state index in [0.29, 0.717) is 15.6 Å². The second kappa shape index (κ2) is 4.01. The zero-order valence-corrected chi connectivity index (χ0v) is 8.46. The average Bonchev–Trinajstić information content (AvgIpc) is 1.97. The van der Waals surface area contributed by atoms with Crippen LogP contribution < -0.4 is 0 Å². The Morgan fingerprint density at radius 3 is 2.18 bits per heavy atom. The van der Waals surface area contributed by atoms with Crippen LogP contribution in [-0.4, -0.2) is 0 Å². The lowest BCUT2D eigenvalue weighted by molar-refractivity contribution is 1.64. The summed E-state index contributed by atoms with van der Waals surface area (Å²) in [6.45, 7) is 0. The highest BCUT2D eigenvalue weighted by Gasteiger charge is 2.00. The molecule has 0 amide bonds. The summed E-state index contributed by atoms with van der Waals surface area (Å²) in [6, 6.07) is 5.28. The van der Waals surface area contributed by atoms with Gasteiger partial charge >= 0.3 is 0 Å². The summed E-state index contributed by atoms with van der Waals surface area (Å²) < 4.78 is 0. The van der Waals surface area contributed by atoms with Gasteiger partial charge in [-0.05, 0) is 17.0 Å². The first-order valence-electron chi connectivity index (χ1n) is 2.81. The van der Waals surface area contributed by atoms with Crippen LogP contribution in [0, 0.1) is 10.8 Å². The van der Waals surface area contributed by atoms with E-state index >= 15 is 0 Å². The first-order chi connectivity index (χ1) is 5.25. The van der Waals surface area contributed by atoms with Crippen molar-refractivity contribution >= 4 is 39.1 Å². The largest absolute Gasteiger partial charge is 0.0829 e. The van der Waals surface area contributed by atoms with Gasteiger partial charge < -0.3 is 0 Å². The van der Waals surface area contributed by atoms with Crippen molar-refractivity contribution in [2.24, 2.45) is 0 Å². The molecule has 1 rings (SSSR count). The van der Waals surface area contributed by atoms with Gasteiger partial charge in [0.15, 0.2) is 0 Å². The molecule has 0 bridgehead atoms. The smallest absolute Gasteiger partial charge is 0.0627 e. The van der Waals surface area contributed by atoms with Gasteiger partial charge in [0.1, 0.15) is 0 Å². The van der Waals surface area contributed by atoms with Crippen molar-refractivity contribution in [1.82, 2.24) is 0 Å². The molecule has 0 saturated heterocycles. The molecule has 0 aromatic heterocycles. The second-order valence-electron chi connectivity index (χ2n) is 1.82. The summed E-state index contributed by atoms with van der Waals surface area (Å²) in [5.41, 5.74) is 0.660. The van der Waals surface area contributed by atoms with Gasteiger partial charge in [0.2, 0.25) is 0 Å². The van der Waals surface area contributed by atoms with Gasteiger partial charge in [-0.2, -0.15) is 0 Å². The molecule has 0 N–H and O–H groups in total. The zero-order valence-electron chi connectivity index (χ0n) is 5.37. The Hall–Kier alpha value is -0.160. The van der Waals surface area contributed by atoms with Crippen molar-refractivity contribution in [1.29, 1.82) is 0 Å². The predicted molar refractivity (Wildman–Crippen MR) is 52.3 cm³/mol. The van der Waals surface area contributed by atoms with Gasteiger partial charge in [-0.1, -0.05) is 35.2 Å². The number of benzene rings is 1. The van der Waals surface area contributed by atoms with E-state index < -0.39 is 0 Å². The van der Waals surface area contributed by atoms with E-state index in [0.717, 1.165) is 0 Å². The van der Waals surface area contributed by atoms with Crippen LogP contribution in [0.25, 0.3) is 0 Å². The summed E-state index contributed by atoms with van der Waals surface area (Å²) in [6.07, 6.45) is 0. The van der Waals surface area contributed by atoms with Crippen LogP contribution in [0.15, 0.2) is 18.2 Å². The Labute approximate surface area is 83.6 Å². The topological polar surface area (TPSA) is 0 Å². The van der Waals surface area contributed by atoms with E-state index in [1.54, 1.807) is 18.2 Å². The average molecular weight is 250 g/mol. The quantitative estimate of drug-likeness (QED) is 0.616. The van der Waals surface area contributed by atoms with Gasteiger partial charge in [0.25, 0.3) is 0 Å². The van der Waals surface area contributed by atoms with Crippen LogP contribution >= 0.6 is 39.1 Å². The molecule has 0 spiro atoms. The van der Waals surface area contributed by atoms with Gasteiger partial charge in [-0.15, -0.1) is 0 Å². The van der Waals surface area contributed by atoms with E-state index in [4.69, 9.17) is 23.2 Å². The van der Waals surface area contributed by atoms with E-state index in [1.165, 1.54) is 0 Å². The fourth-order valence-electron chi connectivity index (χ4n) is 0.664. The lowest BCUT2D eigenvalue weighted by atomic mass is 10.2. The zero-order chi connectivity index (χ0) is 8.27. The minimum Gasteiger partial charge on any atom is -0.0829 e. The van der Waals surface area contributed by atoms with Crippen LogP contribution in [0.1, 0.15) is 5.56 Å². The molecule has 11 heavy (non-hydrogen) atoms. The molecule has 0 aliphatic heterocycles. The molecule has 56 valence electrons. The molecule has 0 fully saturated rings. The van der Waals surface area contributed by atoms with Crippen molar-refractivity contribution in [3.8, 4) is 10.8 Å². The Morgan fingerprint density at radius 2 is 1.73 bits per heavy atom. The van der Waals surface area contributed by atoms with E-state index in [2.05, 4.69) is 26.7 Å². The standard InChI is InChI=1S/C8H3BrCl2/c9-5-4-6-7(10)2-1-3-8(6)11/h1-3H. The van der Waals surface area contributed by atoms with Crippen LogP contribution in [0.2, 0.25) is 10.0 Å². The number of hydrogen-bond donors (Lipinski definition) is 0. The molecule has 1 aromatic rings. The molecule has 0 nitrogen and oxygen atoms in total. The van der Waals surface area contributed by atoms with Crippen LogP contribution in [0.5, 0.6) is 0 Å². The maximum Gasteiger partial charge on any atom is 0.0627 e. The summed E-state index contributed by atoms with van der Waals surface area (Å²) in [4.78, 5) is 2.56. The van der Waals surface area contributed by atoms with Gasteiger partial charge in [-0.3, -0.25) is 0 Å². The normalized spacial score (nSPS) is 8.64. The lowest BCUT2D eigenvalue weighted by Crippen LogP contribution is -1.77. The number of hydrogen-bond acceptors (Lipinski definition) is 0. The molecule has 1 aromatic carbocycles. The SMILES string of the molecule is Clc1cccc(Cl)c1C#CBr.